The minimum Gasteiger partial charge on any atom is -0.497 e. The van der Waals surface area contributed by atoms with E-state index in [0.29, 0.717) is 18.1 Å². The summed E-state index contributed by atoms with van der Waals surface area (Å²) in [5.41, 5.74) is 8.53. The molecular weight excluding hydrogens is 242 g/mol. The second kappa shape index (κ2) is 5.95. The van der Waals surface area contributed by atoms with Crippen molar-refractivity contribution in [2.45, 2.75) is 6.54 Å². The zero-order valence-electron chi connectivity index (χ0n) is 11.0. The van der Waals surface area contributed by atoms with Crippen molar-refractivity contribution in [1.29, 1.82) is 0 Å². The van der Waals surface area contributed by atoms with Crippen LogP contribution in [0.4, 0.5) is 11.4 Å². The number of methoxy groups -OCH3 is 2. The summed E-state index contributed by atoms with van der Waals surface area (Å²) in [5.74, 6) is 1.34. The fourth-order valence-corrected chi connectivity index (χ4v) is 1.70. The van der Waals surface area contributed by atoms with Gasteiger partial charge in [-0.15, -0.1) is 0 Å². The maximum atomic E-state index is 5.94. The summed E-state index contributed by atoms with van der Waals surface area (Å²) in [4.78, 5) is 4.06. The molecule has 1 aromatic heterocycles. The molecule has 0 aliphatic carbocycles. The Bertz CT molecular complexity index is 558. The van der Waals surface area contributed by atoms with E-state index in [-0.39, 0.29) is 0 Å². The molecule has 1 heterocycles. The quantitative estimate of drug-likeness (QED) is 0.806. The van der Waals surface area contributed by atoms with Crippen LogP contribution in [-0.2, 0) is 6.54 Å². The van der Waals surface area contributed by atoms with E-state index in [9.17, 15) is 0 Å². The molecule has 0 amide bonds. The number of hydrogen-bond acceptors (Lipinski definition) is 5. The monoisotopic (exact) mass is 259 g/mol. The zero-order chi connectivity index (χ0) is 13.7. The first-order valence-electron chi connectivity index (χ1n) is 5.89. The number of nitrogen functional groups attached to an aromatic ring is 1. The fraction of sp³-hybridized carbons (Fsp3) is 0.214. The lowest BCUT2D eigenvalue weighted by atomic mass is 10.2. The molecule has 0 aliphatic heterocycles. The lowest BCUT2D eigenvalue weighted by Gasteiger charge is -2.11. The predicted octanol–water partition coefficient (Wildman–Crippen LogP) is 2.29. The number of benzene rings is 1. The van der Waals surface area contributed by atoms with Crippen molar-refractivity contribution in [3.63, 3.8) is 0 Å². The summed E-state index contributed by atoms with van der Waals surface area (Å²) in [6, 6.07) is 9.36. The van der Waals surface area contributed by atoms with Crippen molar-refractivity contribution in [3.8, 4) is 11.6 Å². The molecule has 0 saturated heterocycles. The predicted molar refractivity (Wildman–Crippen MR) is 75.5 cm³/mol. The van der Waals surface area contributed by atoms with Gasteiger partial charge in [0, 0.05) is 24.9 Å². The molecule has 5 heteroatoms. The van der Waals surface area contributed by atoms with Gasteiger partial charge >= 0.3 is 0 Å². The highest BCUT2D eigenvalue weighted by Gasteiger charge is 2.02. The van der Waals surface area contributed by atoms with Crippen LogP contribution < -0.4 is 20.5 Å². The highest BCUT2D eigenvalue weighted by molar-refractivity contribution is 5.68. The summed E-state index contributed by atoms with van der Waals surface area (Å²) in [7, 11) is 3.21. The van der Waals surface area contributed by atoms with Crippen LogP contribution in [0, 0.1) is 0 Å². The van der Waals surface area contributed by atoms with E-state index >= 15 is 0 Å². The number of nitrogens with two attached hydrogens (primary N) is 1. The average Bonchev–Trinajstić information content (AvgIpc) is 2.46. The maximum absolute atomic E-state index is 5.94. The fourth-order valence-electron chi connectivity index (χ4n) is 1.70. The standard InChI is InChI=1S/C14H17N3O2/c1-18-11-3-4-13(12(15)8-11)17-9-10-5-6-16-14(7-10)19-2/h3-8,17H,9,15H2,1-2H3. The molecule has 1 aromatic carbocycles. The molecule has 100 valence electrons. The smallest absolute Gasteiger partial charge is 0.213 e. The molecule has 0 unspecified atom stereocenters. The third-order valence-corrected chi connectivity index (χ3v) is 2.75. The molecule has 0 saturated carbocycles. The molecule has 2 aromatic rings. The third kappa shape index (κ3) is 3.28. The molecule has 5 nitrogen and oxygen atoms in total. The number of pyridine rings is 1. The number of aromatic nitrogens is 1. The van der Waals surface area contributed by atoms with Gasteiger partial charge in [0.2, 0.25) is 5.88 Å². The summed E-state index contributed by atoms with van der Waals surface area (Å²) in [6.07, 6.45) is 1.72. The van der Waals surface area contributed by atoms with Gasteiger partial charge in [0.05, 0.1) is 25.6 Å². The Labute approximate surface area is 112 Å². The minimum absolute atomic E-state index is 0.599. The number of nitrogens with zero attached hydrogens (tertiary/aromatic N) is 1. The van der Waals surface area contributed by atoms with Crippen molar-refractivity contribution < 1.29 is 9.47 Å². The second-order valence-electron chi connectivity index (χ2n) is 4.01. The Kier molecular flexibility index (Phi) is 4.07. The topological polar surface area (TPSA) is 69.4 Å². The van der Waals surface area contributed by atoms with E-state index in [1.807, 2.05) is 24.3 Å². The van der Waals surface area contributed by atoms with Crippen LogP contribution in [0.5, 0.6) is 11.6 Å². The van der Waals surface area contributed by atoms with Crippen molar-refractivity contribution in [2.75, 3.05) is 25.3 Å². The van der Waals surface area contributed by atoms with E-state index in [1.54, 1.807) is 26.5 Å². The third-order valence-electron chi connectivity index (χ3n) is 2.75. The SMILES string of the molecule is COc1ccc(NCc2ccnc(OC)c2)c(N)c1. The number of rotatable bonds is 5. The van der Waals surface area contributed by atoms with Crippen LogP contribution in [0.2, 0.25) is 0 Å². The van der Waals surface area contributed by atoms with Crippen LogP contribution in [0.3, 0.4) is 0 Å². The Morgan fingerprint density at radius 1 is 1.16 bits per heavy atom. The first kappa shape index (κ1) is 13.0. The molecule has 0 aliphatic rings. The van der Waals surface area contributed by atoms with Gasteiger partial charge in [-0.2, -0.15) is 0 Å². The summed E-state index contributed by atoms with van der Waals surface area (Å²) in [6.45, 7) is 0.648. The van der Waals surface area contributed by atoms with Gasteiger partial charge in [-0.05, 0) is 23.8 Å². The molecule has 2 rings (SSSR count). The molecular formula is C14H17N3O2. The molecule has 19 heavy (non-hydrogen) atoms. The lowest BCUT2D eigenvalue weighted by Crippen LogP contribution is -2.03. The Morgan fingerprint density at radius 3 is 2.68 bits per heavy atom. The Hall–Kier alpha value is -2.43. The normalized spacial score (nSPS) is 10.0. The van der Waals surface area contributed by atoms with Gasteiger partial charge in [0.15, 0.2) is 0 Å². The first-order chi connectivity index (χ1) is 9.22. The Balaban J connectivity index is 2.05. The number of ether oxygens (including phenoxy) is 2. The number of anilines is 2. The highest BCUT2D eigenvalue weighted by Crippen LogP contribution is 2.24. The maximum Gasteiger partial charge on any atom is 0.213 e. The van der Waals surface area contributed by atoms with Gasteiger partial charge in [-0.1, -0.05) is 0 Å². The van der Waals surface area contributed by atoms with Crippen molar-refractivity contribution in [3.05, 3.63) is 42.1 Å². The Morgan fingerprint density at radius 2 is 2.00 bits per heavy atom. The van der Waals surface area contributed by atoms with E-state index in [0.717, 1.165) is 17.0 Å². The zero-order valence-corrected chi connectivity index (χ0v) is 11.0. The van der Waals surface area contributed by atoms with Gasteiger partial charge in [-0.25, -0.2) is 4.98 Å². The van der Waals surface area contributed by atoms with Gasteiger partial charge in [0.25, 0.3) is 0 Å². The molecule has 0 fully saturated rings. The summed E-state index contributed by atoms with van der Waals surface area (Å²) < 4.78 is 10.2. The summed E-state index contributed by atoms with van der Waals surface area (Å²) in [5, 5.41) is 3.27. The second-order valence-corrected chi connectivity index (χ2v) is 4.01. The molecule has 0 spiro atoms. The first-order valence-corrected chi connectivity index (χ1v) is 5.89. The average molecular weight is 259 g/mol. The van der Waals surface area contributed by atoms with Gasteiger partial charge in [0.1, 0.15) is 5.75 Å². The lowest BCUT2D eigenvalue weighted by molar-refractivity contribution is 0.397. The molecule has 0 bridgehead atoms. The largest absolute Gasteiger partial charge is 0.497 e. The highest BCUT2D eigenvalue weighted by atomic mass is 16.5. The van der Waals surface area contributed by atoms with E-state index < -0.39 is 0 Å². The van der Waals surface area contributed by atoms with Crippen LogP contribution in [0.25, 0.3) is 0 Å². The van der Waals surface area contributed by atoms with Crippen molar-refractivity contribution >= 4 is 11.4 Å². The molecule has 0 atom stereocenters. The van der Waals surface area contributed by atoms with E-state index in [4.69, 9.17) is 15.2 Å². The molecule has 3 N–H and O–H groups in total. The molecule has 0 radical (unpaired) electrons. The minimum atomic E-state index is 0.599. The number of hydrogen-bond donors (Lipinski definition) is 2. The van der Waals surface area contributed by atoms with Gasteiger partial charge < -0.3 is 20.5 Å². The van der Waals surface area contributed by atoms with E-state index in [1.165, 1.54) is 0 Å². The van der Waals surface area contributed by atoms with Crippen molar-refractivity contribution in [2.24, 2.45) is 0 Å². The van der Waals surface area contributed by atoms with E-state index in [2.05, 4.69) is 10.3 Å². The van der Waals surface area contributed by atoms with Crippen molar-refractivity contribution in [1.82, 2.24) is 4.98 Å². The summed E-state index contributed by atoms with van der Waals surface area (Å²) >= 11 is 0. The number of nitrogens with one attached hydrogen (secondary N) is 1. The van der Waals surface area contributed by atoms with Crippen LogP contribution >= 0.6 is 0 Å². The van der Waals surface area contributed by atoms with Crippen LogP contribution in [-0.4, -0.2) is 19.2 Å². The van der Waals surface area contributed by atoms with Crippen LogP contribution in [0.1, 0.15) is 5.56 Å². The van der Waals surface area contributed by atoms with Crippen LogP contribution in [0.15, 0.2) is 36.5 Å². The van der Waals surface area contributed by atoms with Gasteiger partial charge in [-0.3, -0.25) is 0 Å².